The van der Waals surface area contributed by atoms with Gasteiger partial charge in [-0.2, -0.15) is 0 Å². The van der Waals surface area contributed by atoms with Crippen LogP contribution in [0.25, 0.3) is 0 Å². The van der Waals surface area contributed by atoms with Gasteiger partial charge < -0.3 is 31.9 Å². The maximum atomic E-state index is 12.5. The Kier molecular flexibility index (Phi) is 6.82. The number of nitrogens with two attached hydrogens (primary N) is 2. The average Bonchev–Trinajstić information content (AvgIpc) is 3.15. The third-order valence-corrected chi connectivity index (χ3v) is 7.62. The lowest BCUT2D eigenvalue weighted by molar-refractivity contribution is -0.163. The van der Waals surface area contributed by atoms with Gasteiger partial charge in [0.2, 0.25) is 11.8 Å². The molecule has 3 rings (SSSR count). The van der Waals surface area contributed by atoms with Crippen molar-refractivity contribution in [3.63, 3.8) is 0 Å². The molecule has 6 atom stereocenters. The Hall–Kier alpha value is -2.31. The van der Waals surface area contributed by atoms with Crippen LogP contribution in [0, 0.1) is 11.8 Å². The van der Waals surface area contributed by atoms with E-state index in [4.69, 9.17) is 11.5 Å². The second-order valence-corrected chi connectivity index (χ2v) is 9.64. The van der Waals surface area contributed by atoms with Gasteiger partial charge in [-0.05, 0) is 20.4 Å². The number of carboxylic acid groups (broad SMARTS) is 1. The van der Waals surface area contributed by atoms with E-state index in [1.807, 2.05) is 18.9 Å². The molecule has 12 heteroatoms. The van der Waals surface area contributed by atoms with Crippen molar-refractivity contribution in [3.05, 3.63) is 10.6 Å². The SMILES string of the molecule is C[C@@H](O)[C@H]1C(=O)N2C(C(=O)O)=C(S[C@H]3C[C@@H](C(=O)NCCN=C(N)N)N(C)C3)[C@H](C)[C@H]12. The van der Waals surface area contributed by atoms with Crippen LogP contribution in [0.4, 0.5) is 0 Å². The molecule has 0 unspecified atom stereocenters. The highest BCUT2D eigenvalue weighted by atomic mass is 32.2. The van der Waals surface area contributed by atoms with Crippen molar-refractivity contribution in [1.82, 2.24) is 15.1 Å². The van der Waals surface area contributed by atoms with Gasteiger partial charge >= 0.3 is 5.97 Å². The molecule has 0 bridgehead atoms. The quantitative estimate of drug-likeness (QED) is 0.124. The summed E-state index contributed by atoms with van der Waals surface area (Å²) in [7, 11) is 1.85. The van der Waals surface area contributed by atoms with Gasteiger partial charge in [0.1, 0.15) is 5.70 Å². The summed E-state index contributed by atoms with van der Waals surface area (Å²) in [6, 6.07) is -0.680. The van der Waals surface area contributed by atoms with E-state index in [0.717, 1.165) is 0 Å². The Labute approximate surface area is 184 Å². The Morgan fingerprint density at radius 3 is 2.65 bits per heavy atom. The van der Waals surface area contributed by atoms with E-state index in [9.17, 15) is 24.6 Å². The number of nitrogens with zero attached hydrogens (tertiary/aromatic N) is 3. The first-order chi connectivity index (χ1) is 14.5. The highest BCUT2D eigenvalue weighted by Gasteiger charge is 2.60. The average molecular weight is 455 g/mol. The van der Waals surface area contributed by atoms with Crippen LogP contribution in [0.15, 0.2) is 15.6 Å². The molecule has 0 aromatic heterocycles. The molecular weight excluding hydrogens is 424 g/mol. The Morgan fingerprint density at radius 2 is 2.06 bits per heavy atom. The molecule has 3 aliphatic rings. The number of β-lactam (4-membered cyclic amide) rings is 1. The van der Waals surface area contributed by atoms with E-state index < -0.39 is 18.0 Å². The van der Waals surface area contributed by atoms with Crippen molar-refractivity contribution >= 4 is 35.5 Å². The second-order valence-electron chi connectivity index (χ2n) is 8.30. The predicted molar refractivity (Wildman–Crippen MR) is 116 cm³/mol. The van der Waals surface area contributed by atoms with Crippen molar-refractivity contribution < 1.29 is 24.6 Å². The summed E-state index contributed by atoms with van der Waals surface area (Å²) < 4.78 is 0. The van der Waals surface area contributed by atoms with Crippen molar-refractivity contribution in [3.8, 4) is 0 Å². The molecular formula is C19H30N6O5S. The maximum Gasteiger partial charge on any atom is 0.353 e. The number of nitrogens with one attached hydrogen (secondary N) is 1. The number of carbonyl (C=O) groups is 3. The Morgan fingerprint density at radius 1 is 1.39 bits per heavy atom. The largest absolute Gasteiger partial charge is 0.477 e. The van der Waals surface area contributed by atoms with Gasteiger partial charge in [-0.3, -0.25) is 19.5 Å². The number of carbonyl (C=O) groups excluding carboxylic acids is 2. The molecule has 7 N–H and O–H groups in total. The summed E-state index contributed by atoms with van der Waals surface area (Å²) in [6.45, 7) is 4.68. The lowest BCUT2D eigenvalue weighted by atomic mass is 9.79. The smallest absolute Gasteiger partial charge is 0.353 e. The summed E-state index contributed by atoms with van der Waals surface area (Å²) in [6.07, 6.45) is -0.281. The molecule has 0 aromatic rings. The number of aliphatic imine (C=N–C) groups is 1. The van der Waals surface area contributed by atoms with Crippen molar-refractivity contribution in [2.75, 3.05) is 26.7 Å². The van der Waals surface area contributed by atoms with E-state index in [1.165, 1.54) is 16.7 Å². The topological polar surface area (TPSA) is 175 Å². The summed E-state index contributed by atoms with van der Waals surface area (Å²) in [5.74, 6) is -2.42. The fourth-order valence-electron chi connectivity index (χ4n) is 4.68. The van der Waals surface area contributed by atoms with Crippen LogP contribution in [0.1, 0.15) is 20.3 Å². The molecule has 2 amide bonds. The van der Waals surface area contributed by atoms with Crippen LogP contribution in [-0.2, 0) is 14.4 Å². The van der Waals surface area contributed by atoms with Gasteiger partial charge in [0.25, 0.3) is 0 Å². The number of likely N-dealkylation sites (N-methyl/N-ethyl adjacent to an activating group) is 1. The minimum Gasteiger partial charge on any atom is -0.477 e. The fraction of sp³-hybridized carbons (Fsp3) is 0.684. The minimum absolute atomic E-state index is 0.00376. The van der Waals surface area contributed by atoms with Crippen LogP contribution in [0.2, 0.25) is 0 Å². The van der Waals surface area contributed by atoms with Crippen LogP contribution in [0.3, 0.4) is 0 Å². The monoisotopic (exact) mass is 454 g/mol. The summed E-state index contributed by atoms with van der Waals surface area (Å²) in [5.41, 5.74) is 10.6. The highest BCUT2D eigenvalue weighted by molar-refractivity contribution is 8.03. The third kappa shape index (κ3) is 4.37. The van der Waals surface area contributed by atoms with Gasteiger partial charge in [0.05, 0.1) is 30.7 Å². The van der Waals surface area contributed by atoms with E-state index in [2.05, 4.69) is 10.3 Å². The highest BCUT2D eigenvalue weighted by Crippen LogP contribution is 2.52. The zero-order valence-electron chi connectivity index (χ0n) is 17.8. The van der Waals surface area contributed by atoms with Crippen molar-refractivity contribution in [2.24, 2.45) is 28.3 Å². The molecule has 172 valence electrons. The Bertz CT molecular complexity index is 827. The molecule has 0 aliphatic carbocycles. The predicted octanol–water partition coefficient (Wildman–Crippen LogP) is -1.66. The number of fused-ring (bicyclic) bond motifs is 1. The number of carboxylic acids is 1. The summed E-state index contributed by atoms with van der Waals surface area (Å²) in [4.78, 5) is 44.7. The summed E-state index contributed by atoms with van der Waals surface area (Å²) >= 11 is 1.43. The van der Waals surface area contributed by atoms with E-state index in [-0.39, 0.29) is 46.7 Å². The number of thioether (sulfide) groups is 1. The van der Waals surface area contributed by atoms with Gasteiger partial charge in [0.15, 0.2) is 5.96 Å². The first-order valence-corrected chi connectivity index (χ1v) is 11.1. The second kappa shape index (κ2) is 9.05. The number of likely N-dealkylation sites (tertiary alicyclic amines) is 1. The number of hydrogen-bond acceptors (Lipinski definition) is 7. The molecule has 31 heavy (non-hydrogen) atoms. The van der Waals surface area contributed by atoms with E-state index in [1.54, 1.807) is 6.92 Å². The molecule has 0 saturated carbocycles. The number of amides is 2. The number of guanidine groups is 1. The van der Waals surface area contributed by atoms with Gasteiger partial charge in [-0.1, -0.05) is 6.92 Å². The normalized spacial score (nSPS) is 31.3. The zero-order valence-corrected chi connectivity index (χ0v) is 18.6. The number of hydrogen-bond donors (Lipinski definition) is 5. The van der Waals surface area contributed by atoms with Crippen LogP contribution < -0.4 is 16.8 Å². The van der Waals surface area contributed by atoms with E-state index >= 15 is 0 Å². The lowest BCUT2D eigenvalue weighted by Gasteiger charge is -2.46. The van der Waals surface area contributed by atoms with Crippen LogP contribution in [-0.4, -0.2) is 93.9 Å². The van der Waals surface area contributed by atoms with Gasteiger partial charge in [-0.15, -0.1) is 11.8 Å². The fourth-order valence-corrected chi connectivity index (χ4v) is 6.28. The molecule has 3 heterocycles. The first-order valence-electron chi connectivity index (χ1n) is 10.2. The van der Waals surface area contributed by atoms with Crippen molar-refractivity contribution in [2.45, 2.75) is 43.7 Å². The standard InChI is InChI=1S/C19H30N6O5S/c1-8-13-12(9(2)26)17(28)25(13)14(18(29)30)15(8)31-10-6-11(24(3)7-10)16(27)22-4-5-23-19(20)21/h8-13,26H,4-7H2,1-3H3,(H,22,27)(H,29,30)(H4,20,21,23)/t8-,9-,10+,11+,12-,13-/m1/s1. The van der Waals surface area contributed by atoms with Crippen molar-refractivity contribution in [1.29, 1.82) is 0 Å². The van der Waals surface area contributed by atoms with E-state index in [0.29, 0.717) is 31.0 Å². The molecule has 0 spiro atoms. The number of rotatable bonds is 8. The molecule has 0 radical (unpaired) electrons. The molecule has 3 aliphatic heterocycles. The van der Waals surface area contributed by atoms with Crippen LogP contribution in [0.5, 0.6) is 0 Å². The molecule has 0 aromatic carbocycles. The summed E-state index contributed by atoms with van der Waals surface area (Å²) in [5, 5.41) is 22.5. The Balaban J connectivity index is 1.67. The zero-order chi connectivity index (χ0) is 23.0. The van der Waals surface area contributed by atoms with Gasteiger partial charge in [-0.25, -0.2) is 4.79 Å². The van der Waals surface area contributed by atoms with Crippen LogP contribution >= 0.6 is 11.8 Å². The number of aliphatic carboxylic acids is 1. The van der Waals surface area contributed by atoms with Gasteiger partial charge in [0, 0.05) is 29.2 Å². The molecule has 2 fully saturated rings. The minimum atomic E-state index is -1.14. The maximum absolute atomic E-state index is 12.5. The number of aliphatic hydroxyl groups excluding tert-OH is 1. The lowest BCUT2D eigenvalue weighted by Crippen LogP contribution is -2.63. The first kappa shape index (κ1) is 23.4. The molecule has 2 saturated heterocycles. The molecule has 11 nitrogen and oxygen atoms in total. The number of aliphatic hydroxyl groups is 1. The third-order valence-electron chi connectivity index (χ3n) is 6.12.